The fourth-order valence-corrected chi connectivity index (χ4v) is 2.19. The number of furan rings is 1. The predicted octanol–water partition coefficient (Wildman–Crippen LogP) is 4.01. The lowest BCUT2D eigenvalue weighted by atomic mass is 9.97. The molecule has 0 radical (unpaired) electrons. The van der Waals surface area contributed by atoms with Crippen LogP contribution in [0.25, 0.3) is 11.0 Å². The van der Waals surface area contributed by atoms with Crippen molar-refractivity contribution in [3.05, 3.63) is 35.0 Å². The molecule has 2 nitrogen and oxygen atoms in total. The molecule has 1 unspecified atom stereocenters. The van der Waals surface area contributed by atoms with Gasteiger partial charge >= 0.3 is 0 Å². The third kappa shape index (κ3) is 2.17. The first kappa shape index (κ1) is 12.4. The lowest BCUT2D eigenvalue weighted by Gasteiger charge is -2.19. The monoisotopic (exact) mass is 255 g/mol. The molecular weight excluding hydrogens is 241 g/mol. The Morgan fingerprint density at radius 2 is 2.24 bits per heavy atom. The summed E-state index contributed by atoms with van der Waals surface area (Å²) in [6.07, 6.45) is 1.05. The first-order valence-corrected chi connectivity index (χ1v) is 6.06. The van der Waals surface area contributed by atoms with E-state index in [4.69, 9.17) is 21.8 Å². The average Bonchev–Trinajstić information content (AvgIpc) is 2.75. The molecule has 0 aliphatic carbocycles. The predicted molar refractivity (Wildman–Crippen MR) is 68.0 cm³/mol. The third-order valence-corrected chi connectivity index (χ3v) is 3.21. The molecule has 92 valence electrons. The quantitative estimate of drug-likeness (QED) is 0.897. The van der Waals surface area contributed by atoms with Crippen molar-refractivity contribution in [1.29, 1.82) is 0 Å². The number of alkyl halides is 1. The largest absolute Gasteiger partial charge is 0.456 e. The molecule has 0 saturated heterocycles. The molecule has 0 aliphatic rings. The van der Waals surface area contributed by atoms with Gasteiger partial charge in [0.1, 0.15) is 5.76 Å². The zero-order chi connectivity index (χ0) is 12.5. The minimum absolute atomic E-state index is 0.0850. The molecule has 0 aliphatic heterocycles. The minimum Gasteiger partial charge on any atom is -0.456 e. The molecule has 0 spiro atoms. The number of nitrogens with two attached hydrogens (primary N) is 1. The summed E-state index contributed by atoms with van der Waals surface area (Å²) in [5.74, 6) is 0.268. The summed E-state index contributed by atoms with van der Waals surface area (Å²) in [7, 11) is 0. The van der Waals surface area contributed by atoms with Gasteiger partial charge in [-0.1, -0.05) is 37.1 Å². The summed E-state index contributed by atoms with van der Waals surface area (Å²) in [6, 6.07) is 7.06. The highest BCUT2D eigenvalue weighted by Gasteiger charge is 2.33. The normalized spacial score (nSPS) is 15.1. The Morgan fingerprint density at radius 1 is 1.47 bits per heavy atom. The number of benzene rings is 1. The fourth-order valence-electron chi connectivity index (χ4n) is 1.97. The Bertz CT molecular complexity index is 525. The SMILES string of the molecule is CCCC(F)(CN)c1cc2cccc(Cl)c2o1. The molecule has 0 amide bonds. The van der Waals surface area contributed by atoms with Gasteiger partial charge in [0.2, 0.25) is 0 Å². The number of hydrogen-bond donors (Lipinski definition) is 1. The van der Waals surface area contributed by atoms with Gasteiger partial charge in [0.25, 0.3) is 0 Å². The van der Waals surface area contributed by atoms with Gasteiger partial charge in [0.15, 0.2) is 11.3 Å². The Hall–Kier alpha value is -1.06. The van der Waals surface area contributed by atoms with Gasteiger partial charge in [-0.15, -0.1) is 0 Å². The minimum atomic E-state index is -1.60. The highest BCUT2D eigenvalue weighted by molar-refractivity contribution is 6.34. The molecule has 0 bridgehead atoms. The first-order chi connectivity index (χ1) is 8.10. The van der Waals surface area contributed by atoms with Crippen molar-refractivity contribution in [1.82, 2.24) is 0 Å². The summed E-state index contributed by atoms with van der Waals surface area (Å²) in [5.41, 5.74) is 4.44. The van der Waals surface area contributed by atoms with Crippen LogP contribution in [0.2, 0.25) is 5.02 Å². The molecule has 2 rings (SSSR count). The second-order valence-corrected chi connectivity index (χ2v) is 4.60. The molecule has 1 heterocycles. The first-order valence-electron chi connectivity index (χ1n) is 5.68. The smallest absolute Gasteiger partial charge is 0.180 e. The van der Waals surface area contributed by atoms with Gasteiger partial charge in [-0.05, 0) is 18.6 Å². The van der Waals surface area contributed by atoms with Crippen molar-refractivity contribution >= 4 is 22.6 Å². The lowest BCUT2D eigenvalue weighted by Crippen LogP contribution is -2.29. The summed E-state index contributed by atoms with van der Waals surface area (Å²) >= 11 is 5.99. The van der Waals surface area contributed by atoms with E-state index in [1.165, 1.54) is 0 Å². The summed E-state index contributed by atoms with van der Waals surface area (Å²) in [4.78, 5) is 0. The highest BCUT2D eigenvalue weighted by atomic mass is 35.5. The second kappa shape index (κ2) is 4.67. The van der Waals surface area contributed by atoms with Crippen molar-refractivity contribution in [3.63, 3.8) is 0 Å². The Labute approximate surface area is 105 Å². The van der Waals surface area contributed by atoms with Crippen LogP contribution in [0.1, 0.15) is 25.5 Å². The van der Waals surface area contributed by atoms with E-state index in [1.54, 1.807) is 12.1 Å². The fraction of sp³-hybridized carbons (Fsp3) is 0.385. The molecule has 0 saturated carbocycles. The van der Waals surface area contributed by atoms with Crippen LogP contribution in [-0.2, 0) is 5.67 Å². The van der Waals surface area contributed by atoms with Crippen LogP contribution >= 0.6 is 11.6 Å². The van der Waals surface area contributed by atoms with E-state index >= 15 is 0 Å². The van der Waals surface area contributed by atoms with E-state index in [0.717, 1.165) is 5.39 Å². The Balaban J connectivity index is 2.52. The zero-order valence-corrected chi connectivity index (χ0v) is 10.4. The van der Waals surface area contributed by atoms with Crippen LogP contribution in [0.5, 0.6) is 0 Å². The number of para-hydroxylation sites is 1. The summed E-state index contributed by atoms with van der Waals surface area (Å²) in [6.45, 7) is 1.83. The third-order valence-electron chi connectivity index (χ3n) is 2.91. The molecule has 4 heteroatoms. The lowest BCUT2D eigenvalue weighted by molar-refractivity contribution is 0.128. The maximum atomic E-state index is 14.6. The van der Waals surface area contributed by atoms with Gasteiger partial charge < -0.3 is 10.2 Å². The topological polar surface area (TPSA) is 39.2 Å². The number of halogens is 2. The van der Waals surface area contributed by atoms with Crippen molar-refractivity contribution in [2.24, 2.45) is 5.73 Å². The van der Waals surface area contributed by atoms with E-state index in [2.05, 4.69) is 0 Å². The number of rotatable bonds is 4. The van der Waals surface area contributed by atoms with E-state index in [1.807, 2.05) is 19.1 Å². The molecular formula is C13H15ClFNO. The van der Waals surface area contributed by atoms with Crippen molar-refractivity contribution in [3.8, 4) is 0 Å². The van der Waals surface area contributed by atoms with Gasteiger partial charge in [-0.2, -0.15) is 0 Å². The summed E-state index contributed by atoms with van der Waals surface area (Å²) in [5, 5.41) is 1.30. The van der Waals surface area contributed by atoms with Crippen LogP contribution in [0.3, 0.4) is 0 Å². The number of fused-ring (bicyclic) bond motifs is 1. The average molecular weight is 256 g/mol. The van der Waals surface area contributed by atoms with Crippen LogP contribution in [-0.4, -0.2) is 6.54 Å². The molecule has 2 N–H and O–H groups in total. The van der Waals surface area contributed by atoms with Crippen LogP contribution in [0.15, 0.2) is 28.7 Å². The van der Waals surface area contributed by atoms with Crippen molar-refractivity contribution in [2.45, 2.75) is 25.4 Å². The molecule has 1 aromatic heterocycles. The van der Waals surface area contributed by atoms with Gasteiger partial charge in [-0.3, -0.25) is 0 Å². The number of hydrogen-bond acceptors (Lipinski definition) is 2. The Kier molecular flexibility index (Phi) is 3.40. The van der Waals surface area contributed by atoms with E-state index in [9.17, 15) is 4.39 Å². The highest BCUT2D eigenvalue weighted by Crippen LogP contribution is 2.36. The second-order valence-electron chi connectivity index (χ2n) is 4.19. The van der Waals surface area contributed by atoms with Crippen LogP contribution < -0.4 is 5.73 Å². The molecule has 1 aromatic carbocycles. The zero-order valence-electron chi connectivity index (χ0n) is 9.67. The molecule has 0 fully saturated rings. The van der Waals surface area contributed by atoms with Gasteiger partial charge in [-0.25, -0.2) is 4.39 Å². The van der Waals surface area contributed by atoms with Crippen molar-refractivity contribution in [2.75, 3.05) is 6.54 Å². The van der Waals surface area contributed by atoms with Crippen LogP contribution in [0.4, 0.5) is 4.39 Å². The van der Waals surface area contributed by atoms with Gasteiger partial charge in [0, 0.05) is 11.9 Å². The standard InChI is InChI=1S/C13H15ClFNO/c1-2-6-13(15,8-16)11-7-9-4-3-5-10(14)12(9)17-11/h3-5,7H,2,6,8,16H2,1H3. The van der Waals surface area contributed by atoms with Crippen LogP contribution in [0, 0.1) is 0 Å². The molecule has 1 atom stereocenters. The van der Waals surface area contributed by atoms with Gasteiger partial charge in [0.05, 0.1) is 5.02 Å². The Morgan fingerprint density at radius 3 is 2.82 bits per heavy atom. The van der Waals surface area contributed by atoms with E-state index in [0.29, 0.717) is 23.4 Å². The summed E-state index contributed by atoms with van der Waals surface area (Å²) < 4.78 is 20.1. The maximum absolute atomic E-state index is 14.6. The van der Waals surface area contributed by atoms with Crippen molar-refractivity contribution < 1.29 is 8.81 Å². The molecule has 2 aromatic rings. The molecule has 17 heavy (non-hydrogen) atoms. The van der Waals surface area contributed by atoms with E-state index in [-0.39, 0.29) is 12.3 Å². The maximum Gasteiger partial charge on any atom is 0.180 e. The van der Waals surface area contributed by atoms with E-state index < -0.39 is 5.67 Å².